The number of carbonyl (C=O) groups excluding carboxylic acids is 2. The van der Waals surface area contributed by atoms with Gasteiger partial charge in [0.1, 0.15) is 13.2 Å². The second-order valence-electron chi connectivity index (χ2n) is 11.0. The van der Waals surface area contributed by atoms with Gasteiger partial charge in [-0.05, 0) is 72.0 Å². The molecular weight excluding hydrogens is 618 g/mol. The average molecular weight is 654 g/mol. The Hall–Kier alpha value is -4.89. The summed E-state index contributed by atoms with van der Waals surface area (Å²) in [5.74, 6) is -4.11. The molecule has 0 aliphatic carbocycles. The molecule has 2 N–H and O–H groups in total. The fourth-order valence-corrected chi connectivity index (χ4v) is 5.13. The van der Waals surface area contributed by atoms with E-state index in [1.807, 2.05) is 79.7 Å². The van der Waals surface area contributed by atoms with Crippen LogP contribution in [0.15, 0.2) is 115 Å². The topological polar surface area (TPSA) is 103 Å². The molecule has 5 rings (SSSR count). The summed E-state index contributed by atoms with van der Waals surface area (Å²) >= 11 is 6.06. The molecule has 8 nitrogen and oxygen atoms in total. The van der Waals surface area contributed by atoms with Gasteiger partial charge < -0.3 is 29.4 Å². The van der Waals surface area contributed by atoms with E-state index in [-0.39, 0.29) is 30.8 Å². The normalized spacial score (nSPS) is 16.7. The lowest BCUT2D eigenvalue weighted by Gasteiger charge is -2.22. The molecule has 0 unspecified atom stereocenters. The third-order valence-corrected chi connectivity index (χ3v) is 7.56. The summed E-state index contributed by atoms with van der Waals surface area (Å²) in [6.07, 6.45) is 6.76. The van der Waals surface area contributed by atoms with Gasteiger partial charge in [-0.25, -0.2) is 9.59 Å². The Morgan fingerprint density at radius 3 is 2.00 bits per heavy atom. The van der Waals surface area contributed by atoms with Crippen molar-refractivity contribution < 1.29 is 33.6 Å². The predicted octanol–water partition coefficient (Wildman–Crippen LogP) is 6.57. The maximum Gasteiger partial charge on any atom is 0.453 e. The lowest BCUT2D eigenvalue weighted by Crippen LogP contribution is -2.56. The third kappa shape index (κ3) is 9.10. The molecule has 242 valence electrons. The van der Waals surface area contributed by atoms with Gasteiger partial charge in [-0.2, -0.15) is 0 Å². The number of ether oxygens (including phenoxy) is 4. The molecule has 0 aromatic heterocycles. The second-order valence-corrected chi connectivity index (χ2v) is 11.4. The van der Waals surface area contributed by atoms with Gasteiger partial charge in [-0.15, -0.1) is 0 Å². The summed E-state index contributed by atoms with van der Waals surface area (Å²) in [7, 11) is 0. The lowest BCUT2D eigenvalue weighted by molar-refractivity contribution is -0.201. The highest BCUT2D eigenvalue weighted by Gasteiger charge is 2.59. The van der Waals surface area contributed by atoms with Crippen molar-refractivity contribution in [2.75, 3.05) is 19.8 Å². The van der Waals surface area contributed by atoms with Gasteiger partial charge in [-0.3, -0.25) is 0 Å². The van der Waals surface area contributed by atoms with Crippen LogP contribution >= 0.6 is 11.6 Å². The number of aliphatic hydroxyl groups excluding tert-OH is 1. The molecule has 4 aromatic carbocycles. The number of hydrogen-bond donors (Lipinski definition) is 2. The van der Waals surface area contributed by atoms with Crippen LogP contribution in [0.25, 0.3) is 12.2 Å². The number of hydrogen-bond acceptors (Lipinski definition) is 8. The standard InChI is InChI=1S/C38H36ClNO7/c1-27(40-26-33(41)31-17-8-18-32(39)25-31)23-30-19-20-34-35(24-30)47-38(46-34,36(42)44-21-9-15-28-11-4-2-5-12-28)37(43)45-22-10-16-29-13-6-3-7-14-29/h2-20,24-25,27,33,40-41H,21-23,26H2,1H3/t27-,33+,38?/m1/s1. The SMILES string of the molecule is C[C@H](Cc1ccc2c(c1)OC(C(=O)OCC=Cc1ccccc1)(C(=O)OCC=Cc1ccccc1)O2)NC[C@H](O)c1cccc(Cl)c1. The first-order chi connectivity index (χ1) is 22.8. The first-order valence-electron chi connectivity index (χ1n) is 15.3. The van der Waals surface area contributed by atoms with Crippen molar-refractivity contribution in [2.45, 2.75) is 31.3 Å². The Labute approximate surface area is 279 Å². The number of carbonyl (C=O) groups is 2. The molecule has 4 aromatic rings. The Balaban J connectivity index is 1.24. The van der Waals surface area contributed by atoms with Crippen LogP contribution in [-0.2, 0) is 25.5 Å². The molecule has 47 heavy (non-hydrogen) atoms. The van der Waals surface area contributed by atoms with Crippen molar-refractivity contribution in [3.05, 3.63) is 143 Å². The average Bonchev–Trinajstić information content (AvgIpc) is 3.49. The van der Waals surface area contributed by atoms with Crippen molar-refractivity contribution in [1.29, 1.82) is 0 Å². The highest BCUT2D eigenvalue weighted by Crippen LogP contribution is 2.41. The van der Waals surface area contributed by atoms with E-state index in [1.165, 1.54) is 0 Å². The fourth-order valence-electron chi connectivity index (χ4n) is 4.93. The number of fused-ring (bicyclic) bond motifs is 1. The number of rotatable bonds is 14. The smallest absolute Gasteiger partial charge is 0.453 e. The van der Waals surface area contributed by atoms with E-state index in [0.29, 0.717) is 18.0 Å². The first-order valence-corrected chi connectivity index (χ1v) is 15.7. The number of esters is 2. The van der Waals surface area contributed by atoms with Crippen LogP contribution in [-0.4, -0.2) is 48.6 Å². The zero-order valence-electron chi connectivity index (χ0n) is 25.9. The molecule has 1 aliphatic heterocycles. The van der Waals surface area contributed by atoms with Gasteiger partial charge in [0, 0.05) is 17.6 Å². The van der Waals surface area contributed by atoms with E-state index in [0.717, 1.165) is 22.3 Å². The van der Waals surface area contributed by atoms with Crippen molar-refractivity contribution in [3.63, 3.8) is 0 Å². The monoisotopic (exact) mass is 653 g/mol. The van der Waals surface area contributed by atoms with Crippen LogP contribution in [0, 0.1) is 0 Å². The lowest BCUT2D eigenvalue weighted by atomic mass is 10.1. The molecule has 1 heterocycles. The van der Waals surface area contributed by atoms with Crippen LogP contribution in [0.2, 0.25) is 5.02 Å². The van der Waals surface area contributed by atoms with Crippen molar-refractivity contribution in [2.24, 2.45) is 0 Å². The summed E-state index contributed by atoms with van der Waals surface area (Å²) in [4.78, 5) is 26.9. The zero-order chi connectivity index (χ0) is 33.1. The van der Waals surface area contributed by atoms with Crippen molar-refractivity contribution >= 4 is 35.7 Å². The van der Waals surface area contributed by atoms with E-state index in [2.05, 4.69) is 5.32 Å². The molecule has 9 heteroatoms. The highest BCUT2D eigenvalue weighted by atomic mass is 35.5. The van der Waals surface area contributed by atoms with Gasteiger partial charge >= 0.3 is 17.7 Å². The van der Waals surface area contributed by atoms with Crippen LogP contribution in [0.4, 0.5) is 0 Å². The Morgan fingerprint density at radius 2 is 1.40 bits per heavy atom. The molecule has 0 saturated heterocycles. The molecule has 0 saturated carbocycles. The van der Waals surface area contributed by atoms with Gasteiger partial charge in [0.05, 0.1) is 6.10 Å². The maximum absolute atomic E-state index is 13.4. The molecule has 0 radical (unpaired) electrons. The molecular formula is C38H36ClNO7. The number of nitrogens with one attached hydrogen (secondary N) is 1. The molecule has 0 fully saturated rings. The molecule has 0 bridgehead atoms. The number of benzene rings is 4. The summed E-state index contributed by atoms with van der Waals surface area (Å²) in [6.45, 7) is 2.08. The minimum absolute atomic E-state index is 0.0308. The van der Waals surface area contributed by atoms with E-state index in [9.17, 15) is 14.7 Å². The Bertz CT molecular complexity index is 1640. The van der Waals surface area contributed by atoms with Crippen LogP contribution < -0.4 is 14.8 Å². The van der Waals surface area contributed by atoms with Crippen LogP contribution in [0.1, 0.15) is 35.3 Å². The third-order valence-electron chi connectivity index (χ3n) is 7.33. The maximum atomic E-state index is 13.4. The minimum atomic E-state index is -2.47. The second kappa shape index (κ2) is 16.1. The van der Waals surface area contributed by atoms with E-state index >= 15 is 0 Å². The molecule has 0 amide bonds. The first kappa shape index (κ1) is 33.5. The zero-order valence-corrected chi connectivity index (χ0v) is 26.6. The highest BCUT2D eigenvalue weighted by molar-refractivity contribution is 6.30. The van der Waals surface area contributed by atoms with Crippen molar-refractivity contribution in [1.82, 2.24) is 5.32 Å². The quantitative estimate of drug-likeness (QED) is 0.116. The van der Waals surface area contributed by atoms with Crippen molar-refractivity contribution in [3.8, 4) is 11.5 Å². The van der Waals surface area contributed by atoms with Gasteiger partial charge in [-0.1, -0.05) is 103 Å². The molecule has 2 atom stereocenters. The largest absolute Gasteiger partial charge is 0.455 e. The number of aliphatic hydroxyl groups is 1. The Kier molecular flexibility index (Phi) is 11.5. The van der Waals surface area contributed by atoms with Gasteiger partial charge in [0.2, 0.25) is 0 Å². The summed E-state index contributed by atoms with van der Waals surface area (Å²) in [5, 5.41) is 14.5. The minimum Gasteiger partial charge on any atom is -0.455 e. The number of halogens is 1. The molecule has 1 aliphatic rings. The van der Waals surface area contributed by atoms with Gasteiger partial charge in [0.15, 0.2) is 11.5 Å². The van der Waals surface area contributed by atoms with E-state index < -0.39 is 23.8 Å². The molecule has 0 spiro atoms. The van der Waals surface area contributed by atoms with Gasteiger partial charge in [0.25, 0.3) is 0 Å². The van der Waals surface area contributed by atoms with Crippen LogP contribution in [0.5, 0.6) is 11.5 Å². The Morgan fingerprint density at radius 1 is 0.809 bits per heavy atom. The predicted molar refractivity (Wildman–Crippen MR) is 181 cm³/mol. The summed E-state index contributed by atoms with van der Waals surface area (Å²) < 4.78 is 22.7. The summed E-state index contributed by atoms with van der Waals surface area (Å²) in [5.41, 5.74) is 3.44. The van der Waals surface area contributed by atoms with Crippen LogP contribution in [0.3, 0.4) is 0 Å². The van der Waals surface area contributed by atoms with E-state index in [1.54, 1.807) is 54.6 Å². The summed E-state index contributed by atoms with van der Waals surface area (Å²) in [6, 6.07) is 31.3. The van der Waals surface area contributed by atoms with E-state index in [4.69, 9.17) is 30.5 Å². The fraction of sp³-hybridized carbons (Fsp3) is 0.211.